The first-order valence-corrected chi connectivity index (χ1v) is 9.77. The van der Waals surface area contributed by atoms with Gasteiger partial charge < -0.3 is 20.1 Å². The number of aryl methyl sites for hydroxylation is 2. The van der Waals surface area contributed by atoms with Crippen molar-refractivity contribution in [1.29, 1.82) is 0 Å². The topological polar surface area (TPSA) is 79.3 Å². The number of carbonyl (C=O) groups excluding carboxylic acids is 2. The lowest BCUT2D eigenvalue weighted by atomic mass is 10.1. The fourth-order valence-electron chi connectivity index (χ4n) is 3.38. The van der Waals surface area contributed by atoms with E-state index < -0.39 is 0 Å². The predicted octanol–water partition coefficient (Wildman–Crippen LogP) is 2.38. The molecule has 7 heteroatoms. The summed E-state index contributed by atoms with van der Waals surface area (Å²) in [6, 6.07) is 5.81. The maximum Gasteiger partial charge on any atom is 0.291 e. The van der Waals surface area contributed by atoms with Crippen molar-refractivity contribution < 1.29 is 9.59 Å². The number of benzene rings is 1. The van der Waals surface area contributed by atoms with Gasteiger partial charge in [0.25, 0.3) is 11.8 Å². The Balaban J connectivity index is 1.82. The molecule has 2 N–H and O–H groups in total. The van der Waals surface area contributed by atoms with Gasteiger partial charge in [0.15, 0.2) is 5.82 Å². The first kappa shape index (κ1) is 20.1. The highest BCUT2D eigenvalue weighted by Gasteiger charge is 2.27. The number of nitrogens with one attached hydrogen (secondary N) is 2. The second-order valence-corrected chi connectivity index (χ2v) is 7.65. The molecule has 2 aromatic rings. The maximum atomic E-state index is 12.9. The number of likely N-dealkylation sites (N-methyl/N-ethyl adjacent to an activating group) is 1. The Kier molecular flexibility index (Phi) is 6.14. The molecule has 3 rings (SSSR count). The molecule has 0 fully saturated rings. The van der Waals surface area contributed by atoms with Crippen LogP contribution in [0, 0.1) is 13.8 Å². The van der Waals surface area contributed by atoms with Gasteiger partial charge in [0.1, 0.15) is 5.69 Å². The number of hydrogen-bond acceptors (Lipinski definition) is 4. The summed E-state index contributed by atoms with van der Waals surface area (Å²) in [5.74, 6) is -0.179. The van der Waals surface area contributed by atoms with Crippen molar-refractivity contribution in [2.24, 2.45) is 0 Å². The number of carbonyl (C=O) groups is 2. The SMILES string of the molecule is Cc1ccc(NC(=O)c2nc(C(=O)NCCN(C)C)c3n2CCCC3)cc1C. The second kappa shape index (κ2) is 8.56. The highest BCUT2D eigenvalue weighted by molar-refractivity contribution is 6.03. The van der Waals surface area contributed by atoms with Gasteiger partial charge in [-0.05, 0) is 70.5 Å². The minimum atomic E-state index is -0.279. The zero-order valence-corrected chi connectivity index (χ0v) is 17.1. The van der Waals surface area contributed by atoms with E-state index in [2.05, 4.69) is 15.6 Å². The molecule has 0 radical (unpaired) electrons. The number of anilines is 1. The standard InChI is InChI=1S/C21H29N5O2/c1-14-8-9-16(13-15(14)2)23-21(28)19-24-18(17-7-5-6-11-26(17)19)20(27)22-10-12-25(3)4/h8-9,13H,5-7,10-12H2,1-4H3,(H,22,27)(H,23,28). The van der Waals surface area contributed by atoms with Crippen LogP contribution in [0.25, 0.3) is 0 Å². The zero-order chi connectivity index (χ0) is 20.3. The van der Waals surface area contributed by atoms with Crippen molar-refractivity contribution in [3.63, 3.8) is 0 Å². The molecule has 150 valence electrons. The van der Waals surface area contributed by atoms with Gasteiger partial charge in [-0.1, -0.05) is 6.07 Å². The summed E-state index contributed by atoms with van der Waals surface area (Å²) in [7, 11) is 3.92. The van der Waals surface area contributed by atoms with Crippen LogP contribution in [0.3, 0.4) is 0 Å². The Bertz CT molecular complexity index is 885. The molecule has 0 spiro atoms. The van der Waals surface area contributed by atoms with E-state index in [9.17, 15) is 9.59 Å². The van der Waals surface area contributed by atoms with Gasteiger partial charge in [0, 0.05) is 25.3 Å². The largest absolute Gasteiger partial charge is 0.349 e. The summed E-state index contributed by atoms with van der Waals surface area (Å²) < 4.78 is 1.90. The Hall–Kier alpha value is -2.67. The minimum absolute atomic E-state index is 0.210. The molecule has 1 aromatic carbocycles. The lowest BCUT2D eigenvalue weighted by Gasteiger charge is -2.17. The van der Waals surface area contributed by atoms with Gasteiger partial charge in [-0.3, -0.25) is 9.59 Å². The van der Waals surface area contributed by atoms with Crippen LogP contribution in [0.2, 0.25) is 0 Å². The molecule has 1 aliphatic heterocycles. The van der Waals surface area contributed by atoms with Gasteiger partial charge in [-0.2, -0.15) is 0 Å². The Morgan fingerprint density at radius 3 is 2.64 bits per heavy atom. The molecule has 7 nitrogen and oxygen atoms in total. The molecule has 0 saturated carbocycles. The third-order valence-electron chi connectivity index (χ3n) is 5.15. The number of hydrogen-bond donors (Lipinski definition) is 2. The lowest BCUT2D eigenvalue weighted by Crippen LogP contribution is -2.32. The van der Waals surface area contributed by atoms with Crippen LogP contribution < -0.4 is 10.6 Å². The molecule has 0 aliphatic carbocycles. The summed E-state index contributed by atoms with van der Waals surface area (Å²) in [6.07, 6.45) is 2.75. The van der Waals surface area contributed by atoms with E-state index in [4.69, 9.17) is 0 Å². The van der Waals surface area contributed by atoms with Crippen molar-refractivity contribution >= 4 is 17.5 Å². The molecule has 2 heterocycles. The molecule has 1 aromatic heterocycles. The van der Waals surface area contributed by atoms with E-state index in [0.717, 1.165) is 42.8 Å². The highest BCUT2D eigenvalue weighted by Crippen LogP contribution is 2.22. The fourth-order valence-corrected chi connectivity index (χ4v) is 3.38. The van der Waals surface area contributed by atoms with Gasteiger partial charge >= 0.3 is 0 Å². The highest BCUT2D eigenvalue weighted by atomic mass is 16.2. The number of amides is 2. The molecular weight excluding hydrogens is 354 g/mol. The predicted molar refractivity (Wildman–Crippen MR) is 110 cm³/mol. The summed E-state index contributed by atoms with van der Waals surface area (Å²) in [5.41, 5.74) is 4.26. The van der Waals surface area contributed by atoms with E-state index in [1.165, 1.54) is 5.56 Å². The molecule has 28 heavy (non-hydrogen) atoms. The molecule has 0 atom stereocenters. The Morgan fingerprint density at radius 2 is 1.93 bits per heavy atom. The molecule has 0 bridgehead atoms. The van der Waals surface area contributed by atoms with Crippen LogP contribution in [-0.2, 0) is 13.0 Å². The van der Waals surface area contributed by atoms with Crippen LogP contribution in [0.4, 0.5) is 5.69 Å². The summed E-state index contributed by atoms with van der Waals surface area (Å²) in [6.45, 7) is 6.05. The number of fused-ring (bicyclic) bond motifs is 1. The average Bonchev–Trinajstić information content (AvgIpc) is 3.04. The average molecular weight is 383 g/mol. The summed E-state index contributed by atoms with van der Waals surface area (Å²) in [5, 5.41) is 5.83. The quantitative estimate of drug-likeness (QED) is 0.803. The van der Waals surface area contributed by atoms with Gasteiger partial charge in [-0.25, -0.2) is 4.98 Å². The normalized spacial score (nSPS) is 13.3. The third kappa shape index (κ3) is 4.42. The number of rotatable bonds is 6. The van der Waals surface area contributed by atoms with Gasteiger partial charge in [-0.15, -0.1) is 0 Å². The molecule has 0 unspecified atom stereocenters. The number of aromatic nitrogens is 2. The second-order valence-electron chi connectivity index (χ2n) is 7.65. The van der Waals surface area contributed by atoms with Crippen LogP contribution in [0.1, 0.15) is 50.8 Å². The van der Waals surface area contributed by atoms with Crippen LogP contribution >= 0.6 is 0 Å². The van der Waals surface area contributed by atoms with E-state index in [-0.39, 0.29) is 11.8 Å². The fraction of sp³-hybridized carbons (Fsp3) is 0.476. The number of nitrogens with zero attached hydrogens (tertiary/aromatic N) is 3. The molecule has 1 aliphatic rings. The van der Waals surface area contributed by atoms with Gasteiger partial charge in [0.2, 0.25) is 0 Å². The zero-order valence-electron chi connectivity index (χ0n) is 17.1. The monoisotopic (exact) mass is 383 g/mol. The van der Waals surface area contributed by atoms with Crippen LogP contribution in [-0.4, -0.2) is 53.5 Å². The third-order valence-corrected chi connectivity index (χ3v) is 5.15. The van der Waals surface area contributed by atoms with Crippen molar-refractivity contribution in [2.45, 2.75) is 39.7 Å². The lowest BCUT2D eigenvalue weighted by molar-refractivity contribution is 0.0945. The van der Waals surface area contributed by atoms with E-state index in [1.54, 1.807) is 0 Å². The molecule has 0 saturated heterocycles. The number of imidazole rings is 1. The van der Waals surface area contributed by atoms with Crippen molar-refractivity contribution in [3.05, 3.63) is 46.5 Å². The van der Waals surface area contributed by atoms with Crippen LogP contribution in [0.15, 0.2) is 18.2 Å². The molecule has 2 amide bonds. The van der Waals surface area contributed by atoms with E-state index in [1.807, 2.05) is 55.6 Å². The van der Waals surface area contributed by atoms with Crippen molar-refractivity contribution in [2.75, 3.05) is 32.5 Å². The summed E-state index contributed by atoms with van der Waals surface area (Å²) in [4.78, 5) is 32.0. The van der Waals surface area contributed by atoms with Gasteiger partial charge in [0.05, 0.1) is 5.69 Å². The van der Waals surface area contributed by atoms with Crippen molar-refractivity contribution in [1.82, 2.24) is 19.8 Å². The van der Waals surface area contributed by atoms with E-state index >= 15 is 0 Å². The van der Waals surface area contributed by atoms with E-state index in [0.29, 0.717) is 24.6 Å². The maximum absolute atomic E-state index is 12.9. The minimum Gasteiger partial charge on any atom is -0.349 e. The Morgan fingerprint density at radius 1 is 1.14 bits per heavy atom. The molecular formula is C21H29N5O2. The summed E-state index contributed by atoms with van der Waals surface area (Å²) >= 11 is 0. The van der Waals surface area contributed by atoms with Crippen molar-refractivity contribution in [3.8, 4) is 0 Å². The smallest absolute Gasteiger partial charge is 0.291 e. The first-order valence-electron chi connectivity index (χ1n) is 9.77. The first-order chi connectivity index (χ1) is 13.4. The van der Waals surface area contributed by atoms with Crippen LogP contribution in [0.5, 0.6) is 0 Å². The Labute approximate surface area is 166 Å².